The number of furan rings is 1. The van der Waals surface area contributed by atoms with E-state index < -0.39 is 108 Å². The first-order chi connectivity index (χ1) is 69.9. The van der Waals surface area contributed by atoms with Gasteiger partial charge in [-0.2, -0.15) is 5.26 Å². The fourth-order valence-corrected chi connectivity index (χ4v) is 21.9. The summed E-state index contributed by atoms with van der Waals surface area (Å²) in [5.74, 6) is 0. The number of benzene rings is 19. The Kier molecular flexibility index (Phi) is 12.2. The summed E-state index contributed by atoms with van der Waals surface area (Å²) in [7, 11) is 0. The molecule has 26 aromatic rings. The molecule has 0 saturated heterocycles. The van der Waals surface area contributed by atoms with Gasteiger partial charge in [0, 0.05) is 129 Å². The van der Waals surface area contributed by atoms with Crippen molar-refractivity contribution in [3.63, 3.8) is 0 Å². The average Bonchev–Trinajstić information content (AvgIpc) is 1.13. The number of anilines is 6. The SMILES string of the molecule is [2H]c1c([2H])c([2H])c2c(c1[2H])c1c([2H])c(C#N)c([2H])c([2H])c1n2-c1ccc2c(c1)N(c1c(-c3ccccc3)cc(C(C)(C)C)cc1-c1ccccc1)c1cc(-c3ccc4oc5ccccc5c4c3)cc3c1B2c1ccc(-n2c4c([2H])c([2H])c([2H])c([2H])c4c4c([2H])c([N+]#[C-])c([2H])c([2H])c42)cc1N3c1c(-c2cc3c4ccccc4n4c5ccccc5c(c2)c34)cccc1-c1cc2c3ccccc3n3c4ccccc4c(c1)c23. The minimum absolute atomic E-state index is 0.0936. The number of nitrogens with zero attached hydrogens (tertiary/aromatic N) is 8. The van der Waals surface area contributed by atoms with Gasteiger partial charge >= 0.3 is 0 Å². The molecular formula is C120H73BN8O. The summed E-state index contributed by atoms with van der Waals surface area (Å²) in [5.41, 5.74) is 21.4. The molecule has 0 spiro atoms. The van der Waals surface area contributed by atoms with Crippen molar-refractivity contribution < 1.29 is 23.6 Å². The van der Waals surface area contributed by atoms with E-state index in [9.17, 15) is 24.5 Å². The van der Waals surface area contributed by atoms with Gasteiger partial charge in [-0.1, -0.05) is 251 Å². The van der Waals surface area contributed by atoms with Gasteiger partial charge in [-0.25, -0.2) is 4.85 Å². The normalized spacial score (nSPS) is 14.3. The Bertz CT molecular complexity index is 10100. The quantitative estimate of drug-likeness (QED) is 0.107. The van der Waals surface area contributed by atoms with Gasteiger partial charge in [-0.3, -0.25) is 0 Å². The lowest BCUT2D eigenvalue weighted by molar-refractivity contribution is 0.591. The largest absolute Gasteiger partial charge is 0.456 e. The Morgan fingerprint density at radius 1 is 0.338 bits per heavy atom. The first-order valence-electron chi connectivity index (χ1n) is 50.5. The van der Waals surface area contributed by atoms with E-state index >= 15 is 0 Å². The summed E-state index contributed by atoms with van der Waals surface area (Å²) in [5, 5.41) is 20.4. The van der Waals surface area contributed by atoms with Crippen LogP contribution in [0.1, 0.15) is 51.1 Å². The molecule has 0 saturated carbocycles. The number of hydrogen-bond donors (Lipinski definition) is 0. The van der Waals surface area contributed by atoms with Crippen LogP contribution in [-0.2, 0) is 5.41 Å². The van der Waals surface area contributed by atoms with Crippen molar-refractivity contribution in [3.8, 4) is 73.1 Å². The third-order valence-corrected chi connectivity index (χ3v) is 27.4. The number of aromatic nitrogens is 4. The van der Waals surface area contributed by atoms with E-state index in [0.29, 0.717) is 56.1 Å². The van der Waals surface area contributed by atoms with Gasteiger partial charge in [0.25, 0.3) is 6.71 Å². The van der Waals surface area contributed by atoms with Crippen LogP contribution in [0.3, 0.4) is 0 Å². The lowest BCUT2D eigenvalue weighted by Gasteiger charge is -2.46. The highest BCUT2D eigenvalue weighted by Gasteiger charge is 2.47. The first-order valence-corrected chi connectivity index (χ1v) is 43.5. The van der Waals surface area contributed by atoms with E-state index in [-0.39, 0.29) is 55.0 Å². The van der Waals surface area contributed by atoms with Crippen LogP contribution in [-0.4, -0.2) is 24.6 Å². The van der Waals surface area contributed by atoms with Gasteiger partial charge in [0.15, 0.2) is 5.69 Å². The first kappa shape index (κ1) is 59.6. The van der Waals surface area contributed by atoms with Crippen molar-refractivity contribution in [2.75, 3.05) is 9.80 Å². The number of hydrogen-bond acceptors (Lipinski definition) is 4. The van der Waals surface area contributed by atoms with Gasteiger partial charge in [-0.15, -0.1) is 0 Å². The number of fused-ring (bicyclic) bond motifs is 25. The van der Waals surface area contributed by atoms with Gasteiger partial charge in [0.1, 0.15) is 11.2 Å². The Morgan fingerprint density at radius 3 is 1.28 bits per heavy atom. The molecule has 7 aromatic heterocycles. The Labute approximate surface area is 766 Å². The molecule has 9 nitrogen and oxygen atoms in total. The second-order valence-electron chi connectivity index (χ2n) is 35.3. The number of nitriles is 1. The summed E-state index contributed by atoms with van der Waals surface area (Å²) in [4.78, 5) is 8.41. The zero-order valence-electron chi connectivity index (χ0n) is 83.9. The molecule has 130 heavy (non-hydrogen) atoms. The van der Waals surface area contributed by atoms with Gasteiger partial charge in [0.05, 0.1) is 101 Å². The van der Waals surface area contributed by atoms with E-state index in [1.54, 1.807) is 9.13 Å². The second kappa shape index (κ2) is 26.7. The summed E-state index contributed by atoms with van der Waals surface area (Å²) < 4.78 is 152. The summed E-state index contributed by atoms with van der Waals surface area (Å²) in [6, 6.07) is 100. The van der Waals surface area contributed by atoms with E-state index in [1.807, 2.05) is 103 Å². The molecule has 9 heterocycles. The summed E-state index contributed by atoms with van der Waals surface area (Å²) >= 11 is 0. The van der Waals surface area contributed by atoms with E-state index in [0.717, 1.165) is 154 Å². The van der Waals surface area contributed by atoms with Crippen molar-refractivity contribution in [3.05, 3.63) is 410 Å². The molecule has 19 aromatic carbocycles. The molecule has 0 N–H and O–H groups in total. The van der Waals surface area contributed by atoms with Gasteiger partial charge < -0.3 is 32.2 Å². The van der Waals surface area contributed by atoms with Crippen LogP contribution < -0.4 is 26.2 Å². The molecule has 2 aliphatic rings. The van der Waals surface area contributed by atoms with Crippen LogP contribution in [0.5, 0.6) is 0 Å². The summed E-state index contributed by atoms with van der Waals surface area (Å²) in [6.45, 7) is 14.2. The summed E-state index contributed by atoms with van der Waals surface area (Å²) in [6.07, 6.45) is 0. The third-order valence-electron chi connectivity index (χ3n) is 27.4. The van der Waals surface area contributed by atoms with Crippen LogP contribution in [0.25, 0.3) is 214 Å². The molecule has 2 aliphatic heterocycles. The Balaban J connectivity index is 0.858. The molecule has 0 amide bonds. The van der Waals surface area contributed by atoms with Crippen LogP contribution in [0, 0.1) is 17.9 Å². The van der Waals surface area contributed by atoms with Crippen molar-refractivity contribution in [1.29, 1.82) is 5.26 Å². The predicted octanol–water partition coefficient (Wildman–Crippen LogP) is 30.2. The lowest BCUT2D eigenvalue weighted by Crippen LogP contribution is -2.61. The minimum atomic E-state index is -0.905. The molecular weight excluding hydrogens is 1580 g/mol. The zero-order chi connectivity index (χ0) is 98.0. The maximum absolute atomic E-state index is 10.9. The van der Waals surface area contributed by atoms with Crippen LogP contribution >= 0.6 is 0 Å². The molecule has 0 aliphatic carbocycles. The van der Waals surface area contributed by atoms with Crippen molar-refractivity contribution in [2.24, 2.45) is 0 Å². The van der Waals surface area contributed by atoms with E-state index in [4.69, 9.17) is 11.0 Å². The molecule has 602 valence electrons. The molecule has 10 heteroatoms. The predicted molar refractivity (Wildman–Crippen MR) is 543 cm³/mol. The van der Waals surface area contributed by atoms with Crippen LogP contribution in [0.15, 0.2) is 392 Å². The maximum atomic E-state index is 10.9. The monoisotopic (exact) mass is 1670 g/mol. The second-order valence-corrected chi connectivity index (χ2v) is 35.3. The number of para-hydroxylation sites is 8. The fraction of sp³-hybridized carbons (Fsp3) is 0.0333. The minimum Gasteiger partial charge on any atom is -0.456 e. The van der Waals surface area contributed by atoms with Crippen LogP contribution in [0.4, 0.5) is 39.8 Å². The van der Waals surface area contributed by atoms with Crippen molar-refractivity contribution in [1.82, 2.24) is 17.9 Å². The molecule has 28 rings (SSSR count). The van der Waals surface area contributed by atoms with Gasteiger partial charge in [-0.05, 0) is 224 Å². The lowest BCUT2D eigenvalue weighted by atomic mass is 9.33. The Morgan fingerprint density at radius 2 is 0.777 bits per heavy atom. The van der Waals surface area contributed by atoms with E-state index in [2.05, 4.69) is 250 Å². The van der Waals surface area contributed by atoms with Crippen LogP contribution in [0.2, 0.25) is 0 Å². The van der Waals surface area contributed by atoms with Crippen molar-refractivity contribution >= 4 is 205 Å². The topological polar surface area (TPSA) is 66.5 Å². The van der Waals surface area contributed by atoms with Crippen molar-refractivity contribution in [2.45, 2.75) is 26.2 Å². The standard InChI is InChI=1S/C120H73BN8O/c1-120(2,3)77-64-90(71-26-7-5-8-27-71)117(91(65-77)72-28-9-6-10-29-72)129-110-68-79(124-101-39-18-11-30-83(101)92-56-70(69-122)46-53-107(92)124)49-52-100(110)121-99-51-50-80(125-102-40-19-12-31-84(102)93-66-78(123-4)48-54-108(93)125)67-109(99)128(111-62-74(63-112(129)115(111)121)73-47-55-114-94(57-73)89-36-17-24-45-113(89)130-114)116-81(75-58-95-85-32-13-20-41-103(85)126-104-42-21-14-33-86(104)96(59-75)118(95)126)37-25-38-82(116)76-60-97-87-34-15-22-43-105(87)127-106-44-23-16-35-88(106)98(61-76)119(97)127/h5-68H,1-3H3/i11D,12D,18D,19D,30D,31D,39D,40D,46D,48D,53D,54D,56D,66D. The molecule has 0 fully saturated rings. The Hall–Kier alpha value is -17.2. The molecule has 0 bridgehead atoms. The highest BCUT2D eigenvalue weighted by molar-refractivity contribution is 7.00. The molecule has 0 unspecified atom stereocenters. The number of rotatable bonds is 9. The fourth-order valence-electron chi connectivity index (χ4n) is 21.9. The zero-order valence-corrected chi connectivity index (χ0v) is 69.9. The third kappa shape index (κ3) is 10.0. The average molecular weight is 1670 g/mol. The van der Waals surface area contributed by atoms with Gasteiger partial charge in [0.2, 0.25) is 0 Å². The smallest absolute Gasteiger partial charge is 0.252 e. The molecule has 0 radical (unpaired) electrons. The van der Waals surface area contributed by atoms with E-state index in [1.165, 1.54) is 0 Å². The highest BCUT2D eigenvalue weighted by Crippen LogP contribution is 2.58. The highest BCUT2D eigenvalue weighted by atomic mass is 16.3. The molecule has 0 atom stereocenters. The maximum Gasteiger partial charge on any atom is 0.252 e.